The van der Waals surface area contributed by atoms with Crippen LogP contribution < -0.4 is 21.9 Å². The summed E-state index contributed by atoms with van der Waals surface area (Å²) in [5.41, 5.74) is 11.3. The van der Waals surface area contributed by atoms with Crippen LogP contribution in [0.5, 0.6) is 0 Å². The molecule has 5 nitrogen and oxygen atoms in total. The van der Waals surface area contributed by atoms with Crippen molar-refractivity contribution in [2.24, 2.45) is 13.0 Å². The van der Waals surface area contributed by atoms with Gasteiger partial charge in [-0.1, -0.05) is 44.6 Å². The number of pyridine rings is 2. The van der Waals surface area contributed by atoms with E-state index in [4.69, 9.17) is 5.73 Å². The van der Waals surface area contributed by atoms with Crippen LogP contribution in [0.1, 0.15) is 39.7 Å². The summed E-state index contributed by atoms with van der Waals surface area (Å²) >= 11 is 0. The van der Waals surface area contributed by atoms with Crippen molar-refractivity contribution in [2.45, 2.75) is 34.1 Å². The molecule has 0 saturated carbocycles. The minimum atomic E-state index is -0.108. The van der Waals surface area contributed by atoms with Crippen molar-refractivity contribution in [3.8, 4) is 0 Å². The number of nitrogens with zero attached hydrogens (tertiary/aromatic N) is 2. The number of rotatable bonds is 6. The van der Waals surface area contributed by atoms with Crippen molar-refractivity contribution in [2.75, 3.05) is 11.1 Å². The second-order valence-electron chi connectivity index (χ2n) is 8.13. The molecule has 162 valence electrons. The number of nitrogens with two attached hydrogens (primary N) is 1. The number of nitrogens with one attached hydrogen (secondary N) is 1. The van der Waals surface area contributed by atoms with E-state index in [1.807, 2.05) is 12.1 Å². The Morgan fingerprint density at radius 1 is 1.29 bits per heavy atom. The molecular formula is C25H31N4OP. The first-order chi connectivity index (χ1) is 14.7. The molecule has 1 unspecified atom stereocenters. The van der Waals surface area contributed by atoms with Crippen molar-refractivity contribution in [3.63, 3.8) is 0 Å². The molecule has 0 amide bonds. The third-order valence-electron chi connectivity index (χ3n) is 5.43. The Balaban J connectivity index is 2.19. The standard InChI is InChI=1S/C25H31N4OP/c1-6-16(4)18(9-7-15(2)3)19-10-11-22-20(24(19)31)13-21(25(30)29(22)5)28-23-12-8-17(26)14-27-23/h7-15H,6,26,31H2,1-5H3,(H,27,28)/b9-7-,18-16-. The molecule has 1 aromatic carbocycles. The summed E-state index contributed by atoms with van der Waals surface area (Å²) in [7, 11) is 4.68. The van der Waals surface area contributed by atoms with Crippen LogP contribution in [0, 0.1) is 5.92 Å². The molecule has 0 aliphatic carbocycles. The largest absolute Gasteiger partial charge is 0.397 e. The van der Waals surface area contributed by atoms with Gasteiger partial charge in [-0.2, -0.15) is 0 Å². The van der Waals surface area contributed by atoms with Crippen LogP contribution in [0.3, 0.4) is 0 Å². The molecule has 0 aliphatic heterocycles. The lowest BCUT2D eigenvalue weighted by molar-refractivity contribution is 0.832. The Labute approximate surface area is 186 Å². The van der Waals surface area contributed by atoms with Gasteiger partial charge in [0.25, 0.3) is 5.56 Å². The van der Waals surface area contributed by atoms with Gasteiger partial charge in [-0.05, 0) is 60.0 Å². The van der Waals surface area contributed by atoms with E-state index in [0.29, 0.717) is 23.1 Å². The minimum absolute atomic E-state index is 0.108. The molecule has 3 rings (SSSR count). The molecule has 3 N–H and O–H groups in total. The molecule has 0 bridgehead atoms. The van der Waals surface area contributed by atoms with Gasteiger partial charge in [0, 0.05) is 12.4 Å². The van der Waals surface area contributed by atoms with E-state index in [1.165, 1.54) is 11.1 Å². The van der Waals surface area contributed by atoms with Gasteiger partial charge in [0.05, 0.1) is 17.4 Å². The van der Waals surface area contributed by atoms with Gasteiger partial charge >= 0.3 is 0 Å². The van der Waals surface area contributed by atoms with Crippen molar-refractivity contribution >= 4 is 48.2 Å². The number of aryl methyl sites for hydroxylation is 1. The van der Waals surface area contributed by atoms with Gasteiger partial charge < -0.3 is 15.6 Å². The average molecular weight is 435 g/mol. The summed E-state index contributed by atoms with van der Waals surface area (Å²) in [5, 5.41) is 5.22. The predicted molar refractivity (Wildman–Crippen MR) is 137 cm³/mol. The van der Waals surface area contributed by atoms with Crippen LogP contribution in [-0.2, 0) is 7.05 Å². The monoisotopic (exact) mass is 434 g/mol. The van der Waals surface area contributed by atoms with Crippen LogP contribution >= 0.6 is 9.24 Å². The number of fused-ring (bicyclic) bond motifs is 1. The lowest BCUT2D eigenvalue weighted by atomic mass is 9.96. The zero-order valence-corrected chi connectivity index (χ0v) is 20.0. The van der Waals surface area contributed by atoms with Crippen molar-refractivity contribution in [3.05, 3.63) is 70.2 Å². The summed E-state index contributed by atoms with van der Waals surface area (Å²) in [6, 6.07) is 9.56. The van der Waals surface area contributed by atoms with Crippen molar-refractivity contribution in [1.82, 2.24) is 9.55 Å². The van der Waals surface area contributed by atoms with Gasteiger partial charge in [0.1, 0.15) is 11.5 Å². The Morgan fingerprint density at radius 2 is 2.03 bits per heavy atom. The second-order valence-corrected chi connectivity index (χ2v) is 8.71. The van der Waals surface area contributed by atoms with Crippen LogP contribution in [0.15, 0.2) is 59.0 Å². The van der Waals surface area contributed by atoms with Crippen molar-refractivity contribution in [1.29, 1.82) is 0 Å². The highest BCUT2D eigenvalue weighted by atomic mass is 31.0. The highest BCUT2D eigenvalue weighted by Crippen LogP contribution is 2.27. The van der Waals surface area contributed by atoms with E-state index in [1.54, 1.807) is 29.9 Å². The quantitative estimate of drug-likeness (QED) is 0.415. The maximum Gasteiger partial charge on any atom is 0.274 e. The molecule has 0 radical (unpaired) electrons. The van der Waals surface area contributed by atoms with E-state index >= 15 is 0 Å². The minimum Gasteiger partial charge on any atom is -0.397 e. The number of allylic oxidation sites excluding steroid dienone is 4. The number of hydrogen-bond acceptors (Lipinski definition) is 4. The van der Waals surface area contributed by atoms with Crippen LogP contribution in [-0.4, -0.2) is 9.55 Å². The first kappa shape index (κ1) is 22.8. The molecule has 6 heteroatoms. The van der Waals surface area contributed by atoms with Gasteiger partial charge in [0.2, 0.25) is 0 Å². The topological polar surface area (TPSA) is 72.9 Å². The highest BCUT2D eigenvalue weighted by Gasteiger charge is 2.14. The molecule has 0 aliphatic rings. The first-order valence-electron chi connectivity index (χ1n) is 10.5. The Morgan fingerprint density at radius 3 is 2.65 bits per heavy atom. The summed E-state index contributed by atoms with van der Waals surface area (Å²) in [4.78, 5) is 17.2. The zero-order chi connectivity index (χ0) is 22.7. The summed E-state index contributed by atoms with van der Waals surface area (Å²) in [6.07, 6.45) is 6.99. The Bertz CT molecular complexity index is 1220. The van der Waals surface area contributed by atoms with Gasteiger partial charge in [-0.3, -0.25) is 4.79 Å². The SMILES string of the molecule is CC/C(C)=C(/C=C\C(C)C)c1ccc2c(cc(Nc3ccc(N)cn3)c(=O)n2C)c1P. The molecular weight excluding hydrogens is 403 g/mol. The maximum absolute atomic E-state index is 12.9. The predicted octanol–water partition coefficient (Wildman–Crippen LogP) is 5.16. The molecule has 2 aromatic heterocycles. The van der Waals surface area contributed by atoms with Crippen LogP contribution in [0.2, 0.25) is 0 Å². The third-order valence-corrected chi connectivity index (χ3v) is 6.05. The molecule has 0 spiro atoms. The molecule has 31 heavy (non-hydrogen) atoms. The maximum atomic E-state index is 12.9. The highest BCUT2D eigenvalue weighted by molar-refractivity contribution is 7.28. The number of aromatic nitrogens is 2. The first-order valence-corrected chi connectivity index (χ1v) is 11.1. The van der Waals surface area contributed by atoms with Crippen LogP contribution in [0.25, 0.3) is 16.5 Å². The summed E-state index contributed by atoms with van der Waals surface area (Å²) in [5.74, 6) is 1.05. The molecule has 0 saturated heterocycles. The third kappa shape index (κ3) is 4.88. The molecule has 2 heterocycles. The number of anilines is 3. The second kappa shape index (κ2) is 9.49. The van der Waals surface area contributed by atoms with E-state index < -0.39 is 0 Å². The average Bonchev–Trinajstić information content (AvgIpc) is 2.74. The van der Waals surface area contributed by atoms with E-state index in [9.17, 15) is 4.79 Å². The molecule has 0 fully saturated rings. The molecule has 3 aromatic rings. The van der Waals surface area contributed by atoms with Gasteiger partial charge in [0.15, 0.2) is 0 Å². The summed E-state index contributed by atoms with van der Waals surface area (Å²) < 4.78 is 1.67. The number of benzene rings is 1. The van der Waals surface area contributed by atoms with E-state index in [-0.39, 0.29) is 5.56 Å². The fraction of sp³-hybridized carbons (Fsp3) is 0.280. The van der Waals surface area contributed by atoms with Crippen LogP contribution in [0.4, 0.5) is 17.2 Å². The fourth-order valence-corrected chi connectivity index (χ4v) is 3.93. The normalized spacial score (nSPS) is 12.6. The number of hydrogen-bond donors (Lipinski definition) is 2. The number of nitrogen functional groups attached to an aromatic ring is 1. The van der Waals surface area contributed by atoms with Gasteiger partial charge in [-0.15, -0.1) is 9.24 Å². The Kier molecular flexibility index (Phi) is 6.97. The fourth-order valence-electron chi connectivity index (χ4n) is 3.45. The lowest BCUT2D eigenvalue weighted by Gasteiger charge is -2.17. The smallest absolute Gasteiger partial charge is 0.274 e. The lowest BCUT2D eigenvalue weighted by Crippen LogP contribution is -2.22. The Hall–Kier alpha value is -2.91. The van der Waals surface area contributed by atoms with Gasteiger partial charge in [-0.25, -0.2) is 4.98 Å². The van der Waals surface area contributed by atoms with E-state index in [2.05, 4.69) is 65.5 Å². The van der Waals surface area contributed by atoms with E-state index in [0.717, 1.165) is 28.2 Å². The molecule has 1 atom stereocenters. The van der Waals surface area contributed by atoms with Crippen molar-refractivity contribution < 1.29 is 0 Å². The zero-order valence-electron chi connectivity index (χ0n) is 18.9. The summed E-state index contributed by atoms with van der Waals surface area (Å²) in [6.45, 7) is 8.70.